The molecule has 368 valence electrons. The van der Waals surface area contributed by atoms with Crippen LogP contribution in [0.4, 0.5) is 11.6 Å². The van der Waals surface area contributed by atoms with Crippen molar-refractivity contribution >= 4 is 86.3 Å². The molecular formula is C50H57Cl4N13O3. The lowest BCUT2D eigenvalue weighted by molar-refractivity contribution is -0.143. The summed E-state index contributed by atoms with van der Waals surface area (Å²) in [4.78, 5) is 42.3. The van der Waals surface area contributed by atoms with Crippen LogP contribution in [0.1, 0.15) is 93.9 Å². The van der Waals surface area contributed by atoms with E-state index in [1.54, 1.807) is 35.3 Å². The number of fused-ring (bicyclic) bond motifs is 2. The van der Waals surface area contributed by atoms with Crippen LogP contribution in [-0.2, 0) is 4.79 Å². The second-order valence-corrected chi connectivity index (χ2v) is 21.6. The number of rotatable bonds is 12. The van der Waals surface area contributed by atoms with Gasteiger partial charge in [0.2, 0.25) is 0 Å². The van der Waals surface area contributed by atoms with Crippen molar-refractivity contribution in [3.63, 3.8) is 0 Å². The number of aromatic nitrogens is 8. The Morgan fingerprint density at radius 1 is 0.800 bits per heavy atom. The number of piperidine rings is 2. The number of halogens is 4. The van der Waals surface area contributed by atoms with Crippen LogP contribution >= 0.6 is 46.4 Å². The van der Waals surface area contributed by atoms with E-state index in [4.69, 9.17) is 76.5 Å². The number of nitriles is 1. The molecule has 9 atom stereocenters. The van der Waals surface area contributed by atoms with E-state index in [-0.39, 0.29) is 42.3 Å². The van der Waals surface area contributed by atoms with E-state index >= 15 is 0 Å². The molecule has 4 aliphatic rings. The Morgan fingerprint density at radius 3 is 1.99 bits per heavy atom. The highest BCUT2D eigenvalue weighted by Crippen LogP contribution is 2.42. The van der Waals surface area contributed by atoms with Crippen molar-refractivity contribution in [2.24, 2.45) is 17.8 Å². The molecular weight excluding hydrogens is 972 g/mol. The van der Waals surface area contributed by atoms with Crippen molar-refractivity contribution < 1.29 is 15.0 Å². The molecule has 10 rings (SSSR count). The van der Waals surface area contributed by atoms with Gasteiger partial charge in [-0.15, -0.1) is 0 Å². The summed E-state index contributed by atoms with van der Waals surface area (Å²) in [5.41, 5.74) is 4.78. The Bertz CT molecular complexity index is 2980. The maximum atomic E-state index is 13.2. The Balaban J connectivity index is 0.899. The second kappa shape index (κ2) is 20.0. The minimum Gasteiger partial charge on any atom is -0.480 e. The summed E-state index contributed by atoms with van der Waals surface area (Å²) >= 11 is 26.3. The number of aliphatic hydroxyl groups is 1. The molecule has 4 fully saturated rings. The number of anilines is 2. The first-order chi connectivity index (χ1) is 33.7. The monoisotopic (exact) mass is 1030 g/mol. The molecule has 2 aromatic carbocycles. The largest absolute Gasteiger partial charge is 0.480 e. The molecule has 8 heterocycles. The molecule has 9 unspecified atom stereocenters. The second-order valence-electron chi connectivity index (χ2n) is 19.9. The van der Waals surface area contributed by atoms with Gasteiger partial charge >= 0.3 is 5.97 Å². The number of carboxylic acids is 1. The summed E-state index contributed by atoms with van der Waals surface area (Å²) in [6.45, 7) is 13.0. The van der Waals surface area contributed by atoms with Crippen LogP contribution in [0.2, 0.25) is 20.1 Å². The molecule has 2 N–H and O–H groups in total. The van der Waals surface area contributed by atoms with Gasteiger partial charge in [-0.25, -0.2) is 29.3 Å². The SMILES string of the molecule is Cc1nn(C(C)c2ccc(Cl)cc2Cl)c2nc(N3CCC(N4CC(CC(c5ccc(Cl)cc5Cl)n5nc(C#N)c6ncc(N7CCC(N8CCCC8CO)C(C)C7)nc65)CC4C(=O)O)C(C)C3)cnc12. The molecule has 0 amide bonds. The van der Waals surface area contributed by atoms with Crippen molar-refractivity contribution in [3.05, 3.63) is 91.4 Å². The van der Waals surface area contributed by atoms with Crippen molar-refractivity contribution in [3.8, 4) is 6.07 Å². The van der Waals surface area contributed by atoms with Gasteiger partial charge in [-0.2, -0.15) is 15.5 Å². The zero-order chi connectivity index (χ0) is 49.1. The zero-order valence-corrected chi connectivity index (χ0v) is 42.7. The van der Waals surface area contributed by atoms with Gasteiger partial charge in [0.1, 0.15) is 34.8 Å². The molecule has 0 radical (unpaired) electrons. The lowest BCUT2D eigenvalue weighted by atomic mass is 9.91. The molecule has 4 aromatic heterocycles. The van der Waals surface area contributed by atoms with Gasteiger partial charge in [-0.1, -0.05) is 72.4 Å². The molecule has 4 saturated heterocycles. The van der Waals surface area contributed by atoms with Gasteiger partial charge in [0.05, 0.1) is 36.8 Å². The zero-order valence-electron chi connectivity index (χ0n) is 39.6. The minimum atomic E-state index is -0.852. The van der Waals surface area contributed by atoms with Crippen LogP contribution < -0.4 is 9.80 Å². The summed E-state index contributed by atoms with van der Waals surface area (Å²) in [6.07, 6.45) is 8.23. The number of nitrogens with zero attached hydrogens (tertiary/aromatic N) is 13. The number of benzene rings is 2. The number of carboxylic acid groups (broad SMARTS) is 1. The average molecular weight is 1030 g/mol. The molecule has 0 aliphatic carbocycles. The van der Waals surface area contributed by atoms with Gasteiger partial charge in [-0.05, 0) is 112 Å². The van der Waals surface area contributed by atoms with Crippen molar-refractivity contribution in [1.29, 1.82) is 5.26 Å². The van der Waals surface area contributed by atoms with Crippen molar-refractivity contribution in [2.75, 3.05) is 55.7 Å². The van der Waals surface area contributed by atoms with E-state index in [1.165, 1.54) is 0 Å². The van der Waals surface area contributed by atoms with E-state index in [2.05, 4.69) is 39.5 Å². The predicted octanol–water partition coefficient (Wildman–Crippen LogP) is 8.71. The standard InChI is InChI=1S/C50H57Cl4N13O3/c1-27-23-62(14-11-40(27)64-13-5-6-34(64)26-68)45-22-57-47-39(20-55)61-67(49(47)59-45)42(36-10-8-33(52)19-38(36)54)16-31-17-43(50(69)70)65(25-31)41-12-15-63(24-28(41)2)44-21-56-46-29(3)60-66(48(46)58-44)30(4)35-9-7-32(51)18-37(35)53/h7-10,18-19,21-22,27-28,30-31,34,40-43,68H,5-6,11-17,23-26H2,1-4H3,(H,69,70). The van der Waals surface area contributed by atoms with Crippen LogP contribution in [0.3, 0.4) is 0 Å². The molecule has 0 bridgehead atoms. The Hall–Kier alpha value is -4.86. The number of aliphatic carboxylic acids is 1. The van der Waals surface area contributed by atoms with Gasteiger partial charge < -0.3 is 20.0 Å². The number of likely N-dealkylation sites (tertiary alicyclic amines) is 2. The smallest absolute Gasteiger partial charge is 0.320 e. The van der Waals surface area contributed by atoms with Crippen LogP contribution in [0.15, 0.2) is 48.8 Å². The summed E-state index contributed by atoms with van der Waals surface area (Å²) < 4.78 is 3.65. The maximum absolute atomic E-state index is 13.2. The summed E-state index contributed by atoms with van der Waals surface area (Å²) in [6, 6.07) is 12.2. The normalized spacial score (nSPS) is 25.5. The maximum Gasteiger partial charge on any atom is 0.320 e. The van der Waals surface area contributed by atoms with Crippen LogP contribution in [-0.4, -0.2) is 136 Å². The summed E-state index contributed by atoms with van der Waals surface area (Å²) in [7, 11) is 0. The van der Waals surface area contributed by atoms with Gasteiger partial charge in [0, 0.05) is 70.9 Å². The highest BCUT2D eigenvalue weighted by Gasteiger charge is 2.45. The van der Waals surface area contributed by atoms with Gasteiger partial charge in [0.15, 0.2) is 17.0 Å². The van der Waals surface area contributed by atoms with Crippen LogP contribution in [0.25, 0.3) is 22.3 Å². The molecule has 16 nitrogen and oxygen atoms in total. The fourth-order valence-corrected chi connectivity index (χ4v) is 13.2. The average Bonchev–Trinajstić information content (AvgIpc) is 4.15. The number of carbonyl (C=O) groups is 1. The molecule has 6 aromatic rings. The third-order valence-electron chi connectivity index (χ3n) is 15.6. The Kier molecular flexibility index (Phi) is 13.9. The van der Waals surface area contributed by atoms with Crippen molar-refractivity contribution in [1.82, 2.24) is 49.3 Å². The van der Waals surface area contributed by atoms with Gasteiger partial charge in [0.25, 0.3) is 0 Å². The fourth-order valence-electron chi connectivity index (χ4n) is 12.1. The summed E-state index contributed by atoms with van der Waals surface area (Å²) in [5, 5.41) is 43.0. The first-order valence-corrected chi connectivity index (χ1v) is 25.8. The number of hydrogen-bond donors (Lipinski definition) is 2. The van der Waals surface area contributed by atoms with Crippen LogP contribution in [0, 0.1) is 36.0 Å². The lowest BCUT2D eigenvalue weighted by Crippen LogP contribution is -2.53. The number of hydrogen-bond acceptors (Lipinski definition) is 13. The van der Waals surface area contributed by atoms with E-state index < -0.39 is 18.1 Å². The quantitative estimate of drug-likeness (QED) is 0.119. The lowest BCUT2D eigenvalue weighted by Gasteiger charge is -2.43. The van der Waals surface area contributed by atoms with E-state index in [0.29, 0.717) is 87.2 Å². The van der Waals surface area contributed by atoms with E-state index in [9.17, 15) is 20.3 Å². The molecule has 70 heavy (non-hydrogen) atoms. The summed E-state index contributed by atoms with van der Waals surface area (Å²) in [5.74, 6) is 0.922. The Morgan fingerprint density at radius 2 is 1.40 bits per heavy atom. The first kappa shape index (κ1) is 48.8. The van der Waals surface area contributed by atoms with E-state index in [0.717, 1.165) is 73.5 Å². The number of aryl methyl sites for hydroxylation is 1. The van der Waals surface area contributed by atoms with Gasteiger partial charge in [-0.3, -0.25) is 14.6 Å². The molecule has 4 aliphatic heterocycles. The molecule has 0 saturated carbocycles. The molecule has 20 heteroatoms. The third kappa shape index (κ3) is 9.16. The van der Waals surface area contributed by atoms with Crippen molar-refractivity contribution in [2.45, 2.75) is 102 Å². The van der Waals surface area contributed by atoms with E-state index in [1.807, 2.05) is 36.7 Å². The highest BCUT2D eigenvalue weighted by molar-refractivity contribution is 6.35. The predicted molar refractivity (Wildman–Crippen MR) is 272 cm³/mol. The topological polar surface area (TPSA) is 181 Å². The minimum absolute atomic E-state index is 0.00729. The number of aliphatic hydroxyl groups excluding tert-OH is 1. The third-order valence-corrected chi connectivity index (χ3v) is 16.7. The highest BCUT2D eigenvalue weighted by atomic mass is 35.5. The fraction of sp³-hybridized carbons (Fsp3) is 0.520. The Labute approximate surface area is 427 Å². The molecule has 0 spiro atoms. The van der Waals surface area contributed by atoms with Crippen LogP contribution in [0.5, 0.6) is 0 Å². The first-order valence-electron chi connectivity index (χ1n) is 24.3.